The number of aliphatic hydroxyl groups excluding tert-OH is 8. The number of carbonyl (C=O) groups is 1. The van der Waals surface area contributed by atoms with Crippen LogP contribution in [0.5, 0.6) is 0 Å². The first-order valence-electron chi connectivity index (χ1n) is 36.9. The van der Waals surface area contributed by atoms with Crippen molar-refractivity contribution in [3.05, 3.63) is 134 Å². The minimum absolute atomic E-state index is 0.205. The number of ether oxygens (including phenoxy) is 4. The van der Waals surface area contributed by atoms with Gasteiger partial charge in [-0.25, -0.2) is 0 Å². The lowest BCUT2D eigenvalue weighted by atomic mass is 9.97. The molecule has 2 rings (SSSR count). The lowest BCUT2D eigenvalue weighted by molar-refractivity contribution is -0.359. The third kappa shape index (κ3) is 45.3. The van der Waals surface area contributed by atoms with Gasteiger partial charge in [-0.2, -0.15) is 0 Å². The lowest BCUT2D eigenvalue weighted by Crippen LogP contribution is -2.65. The highest BCUT2D eigenvalue weighted by atomic mass is 16.7. The Labute approximate surface area is 564 Å². The Morgan fingerprint density at radius 1 is 0.398 bits per heavy atom. The summed E-state index contributed by atoms with van der Waals surface area (Å²) in [7, 11) is 0. The Morgan fingerprint density at radius 3 is 1.18 bits per heavy atom. The number of hydrogen-bond donors (Lipinski definition) is 9. The molecule has 2 fully saturated rings. The molecule has 0 saturated carbocycles. The molecule has 0 aromatic rings. The second-order valence-corrected chi connectivity index (χ2v) is 25.3. The molecule has 1 amide bonds. The van der Waals surface area contributed by atoms with Crippen molar-refractivity contribution in [2.45, 2.75) is 338 Å². The van der Waals surface area contributed by atoms with Crippen molar-refractivity contribution in [2.75, 3.05) is 19.8 Å². The molecule has 2 heterocycles. The van der Waals surface area contributed by atoms with Crippen molar-refractivity contribution >= 4 is 5.91 Å². The van der Waals surface area contributed by atoms with E-state index in [2.05, 4.69) is 141 Å². The van der Waals surface area contributed by atoms with E-state index in [0.717, 1.165) is 89.9 Å². The fraction of sp³-hybridized carbons (Fsp3) is 0.709. The quantitative estimate of drug-likeness (QED) is 0.0204. The van der Waals surface area contributed by atoms with E-state index in [1.165, 1.54) is 141 Å². The summed E-state index contributed by atoms with van der Waals surface area (Å²) in [6, 6.07) is -0.974. The third-order valence-corrected chi connectivity index (χ3v) is 17.0. The molecule has 12 atom stereocenters. The molecular weight excluding hydrogens is 1170 g/mol. The van der Waals surface area contributed by atoms with Gasteiger partial charge in [0, 0.05) is 6.42 Å². The summed E-state index contributed by atoms with van der Waals surface area (Å²) in [5, 5.41) is 87.4. The minimum Gasteiger partial charge on any atom is -0.394 e. The first kappa shape index (κ1) is 85.2. The average Bonchev–Trinajstić information content (AvgIpc) is 0.854. The number of hydrogen-bond acceptors (Lipinski definition) is 13. The summed E-state index contributed by atoms with van der Waals surface area (Å²) in [5.41, 5.74) is 0. The summed E-state index contributed by atoms with van der Waals surface area (Å²) in [6.07, 6.45) is 75.2. The van der Waals surface area contributed by atoms with E-state index in [-0.39, 0.29) is 18.9 Å². The molecule has 532 valence electrons. The fourth-order valence-corrected chi connectivity index (χ4v) is 11.2. The molecule has 0 aromatic heterocycles. The first-order valence-corrected chi connectivity index (χ1v) is 36.9. The first-order chi connectivity index (χ1) is 45.6. The van der Waals surface area contributed by atoms with Gasteiger partial charge in [0.15, 0.2) is 12.6 Å². The second-order valence-electron chi connectivity index (χ2n) is 25.3. The van der Waals surface area contributed by atoms with Crippen LogP contribution < -0.4 is 5.32 Å². The van der Waals surface area contributed by atoms with E-state index in [9.17, 15) is 45.6 Å². The topological polar surface area (TPSA) is 228 Å². The maximum absolute atomic E-state index is 13.3. The van der Waals surface area contributed by atoms with Crippen LogP contribution >= 0.6 is 0 Å². The molecule has 0 bridgehead atoms. The Bertz CT molecular complexity index is 2070. The van der Waals surface area contributed by atoms with Crippen LogP contribution in [-0.4, -0.2) is 140 Å². The summed E-state index contributed by atoms with van der Waals surface area (Å²) in [6.45, 7) is 2.64. The van der Waals surface area contributed by atoms with Crippen molar-refractivity contribution in [2.24, 2.45) is 0 Å². The van der Waals surface area contributed by atoms with Crippen LogP contribution in [0, 0.1) is 0 Å². The summed E-state index contributed by atoms with van der Waals surface area (Å²) < 4.78 is 22.8. The van der Waals surface area contributed by atoms with Gasteiger partial charge in [0.1, 0.15) is 48.8 Å². The van der Waals surface area contributed by atoms with Gasteiger partial charge in [-0.3, -0.25) is 4.79 Å². The van der Waals surface area contributed by atoms with Crippen molar-refractivity contribution in [3.8, 4) is 0 Å². The van der Waals surface area contributed by atoms with Crippen LogP contribution in [0.1, 0.15) is 264 Å². The average molecular weight is 1300 g/mol. The molecule has 2 aliphatic rings. The molecule has 0 aliphatic carbocycles. The maximum atomic E-state index is 13.3. The highest BCUT2D eigenvalue weighted by Gasteiger charge is 2.51. The molecule has 0 aromatic carbocycles. The van der Waals surface area contributed by atoms with Gasteiger partial charge in [0.2, 0.25) is 5.91 Å². The largest absolute Gasteiger partial charge is 0.394 e. The molecule has 0 spiro atoms. The van der Waals surface area contributed by atoms with Gasteiger partial charge in [0.05, 0.1) is 32.0 Å². The minimum atomic E-state index is -1.81. The molecular formula is C79H133NO13. The van der Waals surface area contributed by atoms with E-state index in [0.29, 0.717) is 12.8 Å². The number of allylic oxidation sites excluding steroid dienone is 21. The van der Waals surface area contributed by atoms with Gasteiger partial charge in [-0.05, 0) is 109 Å². The fourth-order valence-electron chi connectivity index (χ4n) is 11.2. The van der Waals surface area contributed by atoms with Gasteiger partial charge >= 0.3 is 0 Å². The number of carbonyl (C=O) groups excluding carboxylic acids is 1. The molecule has 2 saturated heterocycles. The number of aliphatic hydroxyl groups is 8. The smallest absolute Gasteiger partial charge is 0.220 e. The standard InChI is InChI=1S/C79H133NO13/c1-3-5-7-9-11-13-15-17-19-21-23-25-27-29-31-32-33-34-35-37-38-40-42-44-46-48-50-52-54-56-58-60-62-68(83)67(66-90-78-76(89)74(87)77(70(65-82)92-78)93-79-75(88)73(86)72(85)69(64-81)91-79)80-71(84)63-61-59-57-55-53-51-49-47-45-43-41-39-36-30-28-26-24-22-20-18-16-14-12-10-8-6-4-2/h6,8,12,14,18,20,24,26,30,36,41,43-44,46-47,49,52-55,60,62,67-70,72-79,81-83,85-89H,3-5,7,9-11,13,15-17,19,21-23,25,27-29,31-35,37-40,42,45,48,50-51,56-59,61,63-66H2,1-2H3,(H,80,84)/b8-6-,14-12-,20-18-,26-24-,36-30-,43-41-,46-44+,49-47-,54-52+,55-53-,62-60+. The number of amides is 1. The summed E-state index contributed by atoms with van der Waals surface area (Å²) >= 11 is 0. The van der Waals surface area contributed by atoms with Crippen LogP contribution in [0.25, 0.3) is 0 Å². The van der Waals surface area contributed by atoms with Crippen LogP contribution in [0.15, 0.2) is 134 Å². The van der Waals surface area contributed by atoms with Crippen LogP contribution in [0.2, 0.25) is 0 Å². The maximum Gasteiger partial charge on any atom is 0.220 e. The molecule has 14 heteroatoms. The van der Waals surface area contributed by atoms with E-state index in [1.807, 2.05) is 6.08 Å². The molecule has 9 N–H and O–H groups in total. The Morgan fingerprint density at radius 2 is 0.753 bits per heavy atom. The molecule has 2 aliphatic heterocycles. The third-order valence-electron chi connectivity index (χ3n) is 17.0. The highest BCUT2D eigenvalue weighted by molar-refractivity contribution is 5.76. The van der Waals surface area contributed by atoms with E-state index in [1.54, 1.807) is 6.08 Å². The van der Waals surface area contributed by atoms with Gasteiger partial charge < -0.3 is 65.1 Å². The number of rotatable bonds is 59. The van der Waals surface area contributed by atoms with E-state index < -0.39 is 86.8 Å². The van der Waals surface area contributed by atoms with Crippen LogP contribution in [-0.2, 0) is 23.7 Å². The van der Waals surface area contributed by atoms with E-state index in [4.69, 9.17) is 18.9 Å². The molecule has 12 unspecified atom stereocenters. The zero-order valence-corrected chi connectivity index (χ0v) is 57.9. The van der Waals surface area contributed by atoms with Crippen molar-refractivity contribution in [1.29, 1.82) is 0 Å². The van der Waals surface area contributed by atoms with Gasteiger partial charge in [-0.1, -0.05) is 282 Å². The SMILES string of the molecule is CC/C=C\C/C=C\C/C=C\C/C=C\C/C=C\C/C=C\C/C=C\C/C=C\CCCCC(=O)NC(COC1OC(CO)C(OC2OC(CO)C(O)C(O)C2O)C(O)C1O)C(O)/C=C/CC/C=C/CC/C=C/CCCCCCCCCCCCCCCCCCCCCCCC. The lowest BCUT2D eigenvalue weighted by Gasteiger charge is -2.46. The monoisotopic (exact) mass is 1300 g/mol. The summed E-state index contributed by atoms with van der Waals surface area (Å²) in [5.74, 6) is -0.299. The zero-order valence-electron chi connectivity index (χ0n) is 57.9. The van der Waals surface area contributed by atoms with E-state index >= 15 is 0 Å². The number of nitrogens with one attached hydrogen (secondary N) is 1. The Balaban J connectivity index is 1.72. The summed E-state index contributed by atoms with van der Waals surface area (Å²) in [4.78, 5) is 13.3. The van der Waals surface area contributed by atoms with Crippen LogP contribution in [0.3, 0.4) is 0 Å². The molecule has 0 radical (unpaired) electrons. The van der Waals surface area contributed by atoms with Crippen molar-refractivity contribution in [1.82, 2.24) is 5.32 Å². The van der Waals surface area contributed by atoms with Crippen LogP contribution in [0.4, 0.5) is 0 Å². The normalized spacial score (nSPS) is 23.4. The van der Waals surface area contributed by atoms with Crippen molar-refractivity contribution in [3.63, 3.8) is 0 Å². The predicted molar refractivity (Wildman–Crippen MR) is 382 cm³/mol. The second kappa shape index (κ2) is 61.7. The Kier molecular flexibility index (Phi) is 56.5. The molecule has 93 heavy (non-hydrogen) atoms. The number of unbranched alkanes of at least 4 members (excludes halogenated alkanes) is 26. The van der Waals surface area contributed by atoms with Gasteiger partial charge in [-0.15, -0.1) is 0 Å². The zero-order chi connectivity index (χ0) is 67.3. The van der Waals surface area contributed by atoms with Crippen molar-refractivity contribution < 1.29 is 64.6 Å². The predicted octanol–water partition coefficient (Wildman–Crippen LogP) is 15.8. The molecule has 14 nitrogen and oxygen atoms in total. The Hall–Kier alpha value is -3.87. The van der Waals surface area contributed by atoms with Gasteiger partial charge in [0.25, 0.3) is 0 Å². The highest BCUT2D eigenvalue weighted by Crippen LogP contribution is 2.30.